The van der Waals surface area contributed by atoms with Crippen LogP contribution in [0.1, 0.15) is 16.7 Å². The quantitative estimate of drug-likeness (QED) is 0.440. The highest BCUT2D eigenvalue weighted by Crippen LogP contribution is 2.28. The normalized spacial score (nSPS) is 21.5. The Kier molecular flexibility index (Phi) is 9.25. The maximum Gasteiger partial charge on any atom is 0.408 e. The van der Waals surface area contributed by atoms with E-state index in [-0.39, 0.29) is 6.61 Å². The van der Waals surface area contributed by atoms with E-state index in [0.29, 0.717) is 19.8 Å². The fourth-order valence-electron chi connectivity index (χ4n) is 3.94. The molecule has 0 spiro atoms. The van der Waals surface area contributed by atoms with Crippen molar-refractivity contribution in [3.8, 4) is 0 Å². The largest absolute Gasteiger partial charge is 0.453 e. The molecule has 7 nitrogen and oxygen atoms in total. The van der Waals surface area contributed by atoms with E-state index in [2.05, 4.69) is 5.32 Å². The van der Waals surface area contributed by atoms with E-state index >= 15 is 0 Å². The highest BCUT2D eigenvalue weighted by molar-refractivity contribution is 5.67. The van der Waals surface area contributed by atoms with Gasteiger partial charge in [0.25, 0.3) is 0 Å². The van der Waals surface area contributed by atoms with E-state index in [1.807, 2.05) is 91.0 Å². The maximum absolute atomic E-state index is 12.0. The second-order valence-corrected chi connectivity index (χ2v) is 8.25. The van der Waals surface area contributed by atoms with Gasteiger partial charge in [0.1, 0.15) is 18.3 Å². The van der Waals surface area contributed by atoms with Crippen LogP contribution in [-0.2, 0) is 43.5 Å². The first-order valence-corrected chi connectivity index (χ1v) is 11.7. The highest BCUT2D eigenvalue weighted by atomic mass is 16.6. The van der Waals surface area contributed by atoms with E-state index in [1.54, 1.807) is 0 Å². The molecule has 0 radical (unpaired) electrons. The lowest BCUT2D eigenvalue weighted by Crippen LogP contribution is -2.46. The fraction of sp³-hybridized carbons (Fsp3) is 0.321. The van der Waals surface area contributed by atoms with Crippen LogP contribution in [0.2, 0.25) is 0 Å². The molecule has 1 saturated heterocycles. The van der Waals surface area contributed by atoms with Crippen molar-refractivity contribution in [2.75, 3.05) is 13.7 Å². The van der Waals surface area contributed by atoms with Crippen molar-refractivity contribution >= 4 is 6.09 Å². The molecule has 1 fully saturated rings. The van der Waals surface area contributed by atoms with Crippen molar-refractivity contribution in [2.24, 2.45) is 0 Å². The first-order chi connectivity index (χ1) is 17.2. The molecule has 0 aromatic heterocycles. The number of carbonyl (C=O) groups is 1. The second-order valence-electron chi connectivity index (χ2n) is 8.25. The second kappa shape index (κ2) is 13.0. The minimum Gasteiger partial charge on any atom is -0.453 e. The molecule has 184 valence electrons. The van der Waals surface area contributed by atoms with Crippen molar-refractivity contribution < 1.29 is 28.5 Å². The predicted octanol–water partition coefficient (Wildman–Crippen LogP) is 4.45. The van der Waals surface area contributed by atoms with Crippen molar-refractivity contribution in [1.29, 1.82) is 0 Å². The fourth-order valence-corrected chi connectivity index (χ4v) is 3.94. The molecule has 4 atom stereocenters. The lowest BCUT2D eigenvalue weighted by atomic mass is 10.1. The highest BCUT2D eigenvalue weighted by Gasteiger charge is 2.47. The lowest BCUT2D eigenvalue weighted by Gasteiger charge is -2.25. The number of carbonyl (C=O) groups excluding carboxylic acids is 1. The average Bonchev–Trinajstić information content (AvgIpc) is 3.23. The summed E-state index contributed by atoms with van der Waals surface area (Å²) in [5.74, 6) is 0. The Morgan fingerprint density at radius 3 is 1.74 bits per heavy atom. The van der Waals surface area contributed by atoms with Crippen LogP contribution in [0.4, 0.5) is 4.79 Å². The van der Waals surface area contributed by atoms with Gasteiger partial charge in [0.2, 0.25) is 0 Å². The summed E-state index contributed by atoms with van der Waals surface area (Å²) in [5.41, 5.74) is 3.10. The smallest absolute Gasteiger partial charge is 0.408 e. The molecule has 0 bridgehead atoms. The standard InChI is InChI=1S/C28H31NO6/c1-31-28(30)29-27-26(34-19-23-15-9-4-10-16-23)25(33-18-22-13-7-3-8-14-22)24(35-27)20-32-17-21-11-5-2-6-12-21/h2-16,24-27H,17-20H2,1H3,(H,29,30)/t24-,25-,26+,27+/m1/s1. The third-order valence-electron chi connectivity index (χ3n) is 5.72. The molecule has 7 heteroatoms. The zero-order chi connectivity index (χ0) is 24.3. The van der Waals surface area contributed by atoms with Crippen molar-refractivity contribution in [3.63, 3.8) is 0 Å². The Bertz CT molecular complexity index is 1020. The Morgan fingerprint density at radius 2 is 1.23 bits per heavy atom. The summed E-state index contributed by atoms with van der Waals surface area (Å²) in [7, 11) is 1.31. The summed E-state index contributed by atoms with van der Waals surface area (Å²) in [5, 5.41) is 2.74. The van der Waals surface area contributed by atoms with Gasteiger partial charge in [0, 0.05) is 0 Å². The molecule has 1 N–H and O–H groups in total. The van der Waals surface area contributed by atoms with Crippen molar-refractivity contribution in [2.45, 2.75) is 44.4 Å². The number of hydrogen-bond acceptors (Lipinski definition) is 6. The molecule has 0 unspecified atom stereocenters. The van der Waals surface area contributed by atoms with E-state index in [0.717, 1.165) is 16.7 Å². The van der Waals surface area contributed by atoms with Gasteiger partial charge in [0.15, 0.2) is 6.23 Å². The molecule has 1 heterocycles. The Balaban J connectivity index is 1.48. The van der Waals surface area contributed by atoms with E-state index in [1.165, 1.54) is 7.11 Å². The molecule has 1 amide bonds. The van der Waals surface area contributed by atoms with Crippen LogP contribution in [0, 0.1) is 0 Å². The third-order valence-corrected chi connectivity index (χ3v) is 5.72. The first kappa shape index (κ1) is 24.9. The Hall–Kier alpha value is -3.23. The van der Waals surface area contributed by atoms with Crippen molar-refractivity contribution in [3.05, 3.63) is 108 Å². The number of methoxy groups -OCH3 is 1. The van der Waals surface area contributed by atoms with E-state index in [4.69, 9.17) is 23.7 Å². The molecule has 35 heavy (non-hydrogen) atoms. The zero-order valence-electron chi connectivity index (χ0n) is 19.7. The average molecular weight is 478 g/mol. The van der Waals surface area contributed by atoms with Crippen LogP contribution in [-0.4, -0.2) is 44.3 Å². The lowest BCUT2D eigenvalue weighted by molar-refractivity contribution is -0.0899. The molecule has 0 saturated carbocycles. The summed E-state index contributed by atoms with van der Waals surface area (Å²) >= 11 is 0. The van der Waals surface area contributed by atoms with Gasteiger partial charge in [-0.15, -0.1) is 0 Å². The van der Waals surface area contributed by atoms with Gasteiger partial charge < -0.3 is 23.7 Å². The topological polar surface area (TPSA) is 75.3 Å². The number of ether oxygens (including phenoxy) is 5. The third kappa shape index (κ3) is 7.37. The zero-order valence-corrected chi connectivity index (χ0v) is 19.7. The van der Waals surface area contributed by atoms with Gasteiger partial charge in [-0.3, -0.25) is 5.32 Å². The molecular weight excluding hydrogens is 446 g/mol. The molecule has 1 aliphatic rings. The van der Waals surface area contributed by atoms with Crippen LogP contribution >= 0.6 is 0 Å². The monoisotopic (exact) mass is 477 g/mol. The molecule has 0 aliphatic carbocycles. The van der Waals surface area contributed by atoms with Gasteiger partial charge in [-0.05, 0) is 16.7 Å². The number of nitrogens with one attached hydrogen (secondary N) is 1. The number of benzene rings is 3. The SMILES string of the molecule is COC(=O)N[C@H]1O[C@H](COCc2ccccc2)[C@@H](OCc2ccccc2)[C@@H]1OCc1ccccc1. The van der Waals surface area contributed by atoms with E-state index in [9.17, 15) is 4.79 Å². The van der Waals surface area contributed by atoms with Gasteiger partial charge in [-0.25, -0.2) is 4.79 Å². The molecule has 3 aromatic carbocycles. The number of alkyl carbamates (subject to hydrolysis) is 1. The maximum atomic E-state index is 12.0. The first-order valence-electron chi connectivity index (χ1n) is 11.7. The Morgan fingerprint density at radius 1 is 0.743 bits per heavy atom. The summed E-state index contributed by atoms with van der Waals surface area (Å²) in [6, 6.07) is 29.7. The van der Waals surface area contributed by atoms with Crippen LogP contribution in [0.25, 0.3) is 0 Å². The summed E-state index contributed by atoms with van der Waals surface area (Å²) < 4.78 is 29.6. The van der Waals surface area contributed by atoms with Gasteiger partial charge in [-0.2, -0.15) is 0 Å². The summed E-state index contributed by atoms with van der Waals surface area (Å²) in [4.78, 5) is 12.0. The number of hydrogen-bond donors (Lipinski definition) is 1. The van der Waals surface area contributed by atoms with Gasteiger partial charge in [-0.1, -0.05) is 91.0 Å². The molecule has 4 rings (SSSR count). The molecular formula is C28H31NO6. The van der Waals surface area contributed by atoms with Crippen molar-refractivity contribution in [1.82, 2.24) is 5.32 Å². The van der Waals surface area contributed by atoms with Crippen LogP contribution in [0.5, 0.6) is 0 Å². The van der Waals surface area contributed by atoms with Crippen LogP contribution in [0.15, 0.2) is 91.0 Å². The molecule has 1 aliphatic heterocycles. The van der Waals surface area contributed by atoms with Crippen LogP contribution in [0.3, 0.4) is 0 Å². The summed E-state index contributed by atoms with van der Waals surface area (Å²) in [6.45, 7) is 1.44. The number of amides is 1. The minimum atomic E-state index is -0.753. The van der Waals surface area contributed by atoms with Gasteiger partial charge in [0.05, 0.1) is 33.5 Å². The predicted molar refractivity (Wildman–Crippen MR) is 130 cm³/mol. The van der Waals surface area contributed by atoms with Gasteiger partial charge >= 0.3 is 6.09 Å². The number of rotatable bonds is 11. The van der Waals surface area contributed by atoms with E-state index < -0.39 is 30.6 Å². The molecule has 3 aromatic rings. The minimum absolute atomic E-state index is 0.277. The van der Waals surface area contributed by atoms with Crippen LogP contribution < -0.4 is 5.32 Å². The summed E-state index contributed by atoms with van der Waals surface area (Å²) in [6.07, 6.45) is -2.85. The Labute approximate surface area is 205 Å².